The molecule has 0 saturated heterocycles. The van der Waals surface area contributed by atoms with Gasteiger partial charge in [-0.15, -0.1) is 6.58 Å². The first-order valence-electron chi connectivity index (χ1n) is 2.82. The van der Waals surface area contributed by atoms with Crippen LogP contribution in [-0.4, -0.2) is 16.6 Å². The lowest BCUT2D eigenvalue weighted by molar-refractivity contribution is 0.995. The second-order valence-corrected chi connectivity index (χ2v) is 3.11. The maximum Gasteiger partial charge on any atom is 0.134 e. The van der Waals surface area contributed by atoms with Crippen molar-refractivity contribution in [2.75, 3.05) is 12.3 Å². The van der Waals surface area contributed by atoms with Crippen molar-refractivity contribution < 1.29 is 0 Å². The summed E-state index contributed by atoms with van der Waals surface area (Å²) >= 11 is 6.53. The predicted molar refractivity (Wildman–Crippen MR) is 48.9 cm³/mol. The highest BCUT2D eigenvalue weighted by atomic mass is 32.2. The normalized spacial score (nSPS) is 8.56. The average molecular weight is 161 g/mol. The van der Waals surface area contributed by atoms with E-state index in [1.165, 1.54) is 0 Å². The van der Waals surface area contributed by atoms with Crippen molar-refractivity contribution in [3.63, 3.8) is 0 Å². The van der Waals surface area contributed by atoms with Crippen LogP contribution >= 0.6 is 24.0 Å². The lowest BCUT2D eigenvalue weighted by Gasteiger charge is -2.00. The van der Waals surface area contributed by atoms with Crippen LogP contribution in [0.25, 0.3) is 0 Å². The first-order chi connectivity index (χ1) is 4.31. The molecule has 9 heavy (non-hydrogen) atoms. The van der Waals surface area contributed by atoms with Gasteiger partial charge in [0, 0.05) is 12.3 Å². The molecule has 0 radical (unpaired) electrons. The number of nitrogens with one attached hydrogen (secondary N) is 1. The highest BCUT2D eigenvalue weighted by molar-refractivity contribution is 8.23. The van der Waals surface area contributed by atoms with E-state index in [4.69, 9.17) is 12.2 Å². The number of thiocarbonyl (C=S) groups is 1. The Labute approximate surface area is 65.9 Å². The Kier molecular flexibility index (Phi) is 6.09. The quantitative estimate of drug-likeness (QED) is 0.501. The summed E-state index contributed by atoms with van der Waals surface area (Å²) in [7, 11) is 0. The summed E-state index contributed by atoms with van der Waals surface area (Å²) in [6, 6.07) is 0. The third-order valence-electron chi connectivity index (χ3n) is 0.653. The van der Waals surface area contributed by atoms with Crippen molar-refractivity contribution in [1.82, 2.24) is 5.32 Å². The van der Waals surface area contributed by atoms with Crippen LogP contribution in [0.5, 0.6) is 0 Å². The van der Waals surface area contributed by atoms with Gasteiger partial charge < -0.3 is 5.32 Å². The summed E-state index contributed by atoms with van der Waals surface area (Å²) in [6.07, 6.45) is 1.84. The first-order valence-corrected chi connectivity index (χ1v) is 4.22. The van der Waals surface area contributed by atoms with Crippen molar-refractivity contribution in [1.29, 1.82) is 0 Å². The summed E-state index contributed by atoms with van der Waals surface area (Å²) in [5.41, 5.74) is 0. The van der Waals surface area contributed by atoms with E-state index in [-0.39, 0.29) is 0 Å². The zero-order chi connectivity index (χ0) is 7.11. The van der Waals surface area contributed by atoms with E-state index in [2.05, 4.69) is 11.9 Å². The van der Waals surface area contributed by atoms with Crippen molar-refractivity contribution in [3.8, 4) is 0 Å². The van der Waals surface area contributed by atoms with Crippen molar-refractivity contribution in [3.05, 3.63) is 12.7 Å². The minimum atomic E-state index is 0.859. The molecule has 0 atom stereocenters. The molecule has 0 fully saturated rings. The van der Waals surface area contributed by atoms with Gasteiger partial charge in [-0.25, -0.2) is 0 Å². The second kappa shape index (κ2) is 6.11. The topological polar surface area (TPSA) is 12.0 Å². The molecule has 0 bridgehead atoms. The zero-order valence-electron chi connectivity index (χ0n) is 5.52. The van der Waals surface area contributed by atoms with Crippen LogP contribution in [0.3, 0.4) is 0 Å². The number of thioether (sulfide) groups is 1. The van der Waals surface area contributed by atoms with Crippen LogP contribution in [0.15, 0.2) is 12.7 Å². The van der Waals surface area contributed by atoms with Gasteiger partial charge in [0.05, 0.1) is 0 Å². The van der Waals surface area contributed by atoms with E-state index in [1.54, 1.807) is 11.8 Å². The largest absolute Gasteiger partial charge is 0.371 e. The smallest absolute Gasteiger partial charge is 0.134 e. The summed E-state index contributed by atoms with van der Waals surface area (Å²) in [6.45, 7) is 6.52. The van der Waals surface area contributed by atoms with E-state index in [9.17, 15) is 0 Å². The van der Waals surface area contributed by atoms with Gasteiger partial charge in [-0.2, -0.15) is 0 Å². The Morgan fingerprint density at radius 2 is 2.56 bits per heavy atom. The predicted octanol–water partition coefficient (Wildman–Crippen LogP) is 1.80. The monoisotopic (exact) mass is 161 g/mol. The standard InChI is InChI=1S/C6H11NS2/c1-3-5-9-6(8)7-4-2/h3H,1,4-5H2,2H3,(H,7,8). The van der Waals surface area contributed by atoms with E-state index in [0.29, 0.717) is 0 Å². The average Bonchev–Trinajstić information content (AvgIpc) is 1.85. The fourth-order valence-corrected chi connectivity index (χ4v) is 1.19. The first kappa shape index (κ1) is 8.98. The molecule has 3 heteroatoms. The molecule has 0 aliphatic heterocycles. The van der Waals surface area contributed by atoms with Gasteiger partial charge in [-0.1, -0.05) is 30.1 Å². The highest BCUT2D eigenvalue weighted by Crippen LogP contribution is 2.00. The third-order valence-corrected chi connectivity index (χ3v) is 1.96. The van der Waals surface area contributed by atoms with Gasteiger partial charge in [0.15, 0.2) is 0 Å². The summed E-state index contributed by atoms with van der Waals surface area (Å²) in [5.74, 6) is 0.895. The number of hydrogen-bond donors (Lipinski definition) is 1. The van der Waals surface area contributed by atoms with Crippen LogP contribution in [0.2, 0.25) is 0 Å². The van der Waals surface area contributed by atoms with Gasteiger partial charge in [0.1, 0.15) is 4.32 Å². The van der Waals surface area contributed by atoms with E-state index >= 15 is 0 Å². The van der Waals surface area contributed by atoms with Gasteiger partial charge in [-0.3, -0.25) is 0 Å². The van der Waals surface area contributed by atoms with Gasteiger partial charge >= 0.3 is 0 Å². The molecular formula is C6H11NS2. The Hall–Kier alpha value is -0.0200. The molecule has 0 amide bonds. The number of hydrogen-bond acceptors (Lipinski definition) is 2. The highest BCUT2D eigenvalue weighted by Gasteiger charge is 1.89. The Morgan fingerprint density at radius 3 is 3.00 bits per heavy atom. The molecule has 0 spiro atoms. The van der Waals surface area contributed by atoms with Crippen LogP contribution < -0.4 is 5.32 Å². The molecule has 0 aliphatic carbocycles. The number of rotatable bonds is 3. The summed E-state index contributed by atoms with van der Waals surface area (Å²) in [5, 5.41) is 3.03. The summed E-state index contributed by atoms with van der Waals surface area (Å²) in [4.78, 5) is 0. The van der Waals surface area contributed by atoms with Gasteiger partial charge in [-0.05, 0) is 6.92 Å². The molecular weight excluding hydrogens is 150 g/mol. The molecule has 0 aromatic rings. The summed E-state index contributed by atoms with van der Waals surface area (Å²) < 4.78 is 0.859. The molecule has 0 saturated carbocycles. The molecule has 1 nitrogen and oxygen atoms in total. The Balaban J connectivity index is 3.16. The minimum Gasteiger partial charge on any atom is -0.371 e. The molecule has 0 heterocycles. The lowest BCUT2D eigenvalue weighted by atomic mass is 10.8. The van der Waals surface area contributed by atoms with E-state index in [0.717, 1.165) is 16.6 Å². The minimum absolute atomic E-state index is 0.859. The third kappa shape index (κ3) is 5.86. The van der Waals surface area contributed by atoms with Crippen LogP contribution in [-0.2, 0) is 0 Å². The Morgan fingerprint density at radius 1 is 1.89 bits per heavy atom. The molecule has 1 N–H and O–H groups in total. The SMILES string of the molecule is C=CCSC(=S)NCC. The van der Waals surface area contributed by atoms with Crippen molar-refractivity contribution in [2.45, 2.75) is 6.92 Å². The molecule has 0 aromatic heterocycles. The lowest BCUT2D eigenvalue weighted by Crippen LogP contribution is -2.17. The maximum absolute atomic E-state index is 4.92. The van der Waals surface area contributed by atoms with Crippen molar-refractivity contribution in [2.24, 2.45) is 0 Å². The molecule has 0 unspecified atom stereocenters. The van der Waals surface area contributed by atoms with Gasteiger partial charge in [0.25, 0.3) is 0 Å². The maximum atomic E-state index is 4.92. The second-order valence-electron chi connectivity index (χ2n) is 1.42. The van der Waals surface area contributed by atoms with Crippen LogP contribution in [0.1, 0.15) is 6.92 Å². The Bertz CT molecular complexity index is 101. The van der Waals surface area contributed by atoms with Crippen molar-refractivity contribution >= 4 is 28.3 Å². The molecule has 0 aromatic carbocycles. The van der Waals surface area contributed by atoms with Crippen LogP contribution in [0.4, 0.5) is 0 Å². The molecule has 52 valence electrons. The van der Waals surface area contributed by atoms with Gasteiger partial charge in [0.2, 0.25) is 0 Å². The van der Waals surface area contributed by atoms with Crippen LogP contribution in [0, 0.1) is 0 Å². The zero-order valence-corrected chi connectivity index (χ0v) is 7.15. The van der Waals surface area contributed by atoms with E-state index in [1.807, 2.05) is 13.0 Å². The fourth-order valence-electron chi connectivity index (χ4n) is 0.330. The molecule has 0 rings (SSSR count). The fraction of sp³-hybridized carbons (Fsp3) is 0.500. The van der Waals surface area contributed by atoms with E-state index < -0.39 is 0 Å². The molecule has 0 aliphatic rings.